The van der Waals surface area contributed by atoms with Gasteiger partial charge in [0.1, 0.15) is 11.4 Å². The third kappa shape index (κ3) is 16.5. The van der Waals surface area contributed by atoms with E-state index in [1.165, 1.54) is 0 Å². The first-order valence-corrected chi connectivity index (χ1v) is 20.6. The fraction of sp³-hybridized carbons (Fsp3) is 0.389. The maximum Gasteiger partial charge on any atom is 0.416 e. The Balaban J connectivity index is 1.88. The molecular weight excluding hydrogens is 871 g/mol. The molecule has 0 radical (unpaired) electrons. The second kappa shape index (κ2) is 24.0. The lowest BCUT2D eigenvalue weighted by Gasteiger charge is -2.19. The standard InChI is InChI=1S/C36H46F6N14O4S2/c37-35(38,39)19-13-21(53-27(57)5-1-3-9-49-33(45)46)29(61-11-7-43)23(15-19)55-31(59)25-17-52-26(18-51-25)32(60)56-24-16-20(36(40,41)42)14-22(30(24)62-12-8-44)54-28(58)6-2-4-10-50-34(47)48/h13-18H,1-12,43-44H2,(H,53,57)(H,54,58)(H,55,59)(H,56,60)(H4,45,46,49)(H4,47,48,50). The largest absolute Gasteiger partial charge is 0.416 e. The average molecular weight is 917 g/mol. The van der Waals surface area contributed by atoms with Crippen LogP contribution in [0.4, 0.5) is 49.1 Å². The van der Waals surface area contributed by atoms with Crippen LogP contribution in [0.15, 0.2) is 46.5 Å². The lowest BCUT2D eigenvalue weighted by molar-refractivity contribution is -0.138. The highest BCUT2D eigenvalue weighted by Gasteiger charge is 2.34. The summed E-state index contributed by atoms with van der Waals surface area (Å²) in [5, 5.41) is 29.1. The van der Waals surface area contributed by atoms with Crippen molar-refractivity contribution in [3.63, 3.8) is 0 Å². The number of anilines is 4. The number of nitrogens with two attached hydrogens (primary N) is 4. The molecule has 0 spiro atoms. The molecule has 0 aliphatic carbocycles. The molecule has 0 atom stereocenters. The molecule has 0 aliphatic heterocycles. The monoisotopic (exact) mass is 916 g/mol. The molecule has 0 saturated carbocycles. The number of amides is 4. The summed E-state index contributed by atoms with van der Waals surface area (Å²) in [5.41, 5.74) is 17.2. The van der Waals surface area contributed by atoms with Crippen molar-refractivity contribution in [1.29, 1.82) is 10.8 Å². The summed E-state index contributed by atoms with van der Waals surface area (Å²) in [5.74, 6) is -3.55. The predicted octanol–water partition coefficient (Wildman–Crippen LogP) is 4.30. The summed E-state index contributed by atoms with van der Waals surface area (Å²) in [6.07, 6.45) is -6.87. The number of rotatable bonds is 22. The first-order chi connectivity index (χ1) is 29.2. The molecule has 62 heavy (non-hydrogen) atoms. The van der Waals surface area contributed by atoms with Gasteiger partial charge < -0.3 is 54.8 Å². The summed E-state index contributed by atoms with van der Waals surface area (Å²) in [7, 11) is 0. The summed E-state index contributed by atoms with van der Waals surface area (Å²) >= 11 is 1.92. The molecule has 1 heterocycles. The van der Waals surface area contributed by atoms with E-state index in [-0.39, 0.29) is 81.9 Å². The molecule has 0 saturated heterocycles. The number of hydrogen-bond donors (Lipinski definition) is 12. The Hall–Kier alpha value is -5.86. The van der Waals surface area contributed by atoms with Crippen LogP contribution >= 0.6 is 23.5 Å². The molecule has 0 unspecified atom stereocenters. The number of nitrogens with zero attached hydrogens (tertiary/aromatic N) is 2. The summed E-state index contributed by atoms with van der Waals surface area (Å²) in [4.78, 5) is 60.2. The van der Waals surface area contributed by atoms with Crippen LogP contribution in [0.2, 0.25) is 0 Å². The second-order valence-electron chi connectivity index (χ2n) is 13.0. The number of halogens is 6. The zero-order valence-electron chi connectivity index (χ0n) is 32.9. The molecule has 1 aromatic heterocycles. The lowest BCUT2D eigenvalue weighted by Crippen LogP contribution is -2.31. The highest BCUT2D eigenvalue weighted by Crippen LogP contribution is 2.43. The highest BCUT2D eigenvalue weighted by molar-refractivity contribution is 7.99. The maximum absolute atomic E-state index is 14.1. The SMILES string of the molecule is N=C(N)NCCCCC(=O)Nc1cc(C(F)(F)F)cc(NC(=O)c2cnc(C(=O)Nc3cc(C(F)(F)F)cc(NC(=O)CCCCNC(=N)N)c3SCCN)cn2)c1SCCN. The van der Waals surface area contributed by atoms with E-state index in [0.29, 0.717) is 50.9 Å². The molecule has 18 nitrogen and oxygen atoms in total. The van der Waals surface area contributed by atoms with E-state index in [0.717, 1.165) is 48.1 Å². The Morgan fingerprint density at radius 2 is 0.919 bits per heavy atom. The van der Waals surface area contributed by atoms with Gasteiger partial charge in [-0.25, -0.2) is 9.97 Å². The molecule has 338 valence electrons. The fourth-order valence-corrected chi connectivity index (χ4v) is 6.92. The Kier molecular flexibility index (Phi) is 19.5. The minimum Gasteiger partial charge on any atom is -0.370 e. The van der Waals surface area contributed by atoms with Crippen LogP contribution in [0.5, 0.6) is 0 Å². The number of benzene rings is 2. The van der Waals surface area contributed by atoms with Crippen molar-refractivity contribution >= 4 is 81.8 Å². The van der Waals surface area contributed by atoms with Crippen LogP contribution < -0.4 is 54.8 Å². The van der Waals surface area contributed by atoms with Gasteiger partial charge in [-0.3, -0.25) is 30.0 Å². The number of carbonyl (C=O) groups is 4. The van der Waals surface area contributed by atoms with Crippen molar-refractivity contribution in [3.8, 4) is 0 Å². The number of nitrogens with one attached hydrogen (secondary N) is 8. The molecule has 0 aliphatic rings. The van der Waals surface area contributed by atoms with Crippen LogP contribution in [-0.4, -0.2) is 83.2 Å². The van der Waals surface area contributed by atoms with Gasteiger partial charge in [0.05, 0.1) is 56.1 Å². The van der Waals surface area contributed by atoms with Crippen molar-refractivity contribution in [3.05, 3.63) is 59.2 Å². The van der Waals surface area contributed by atoms with E-state index in [9.17, 15) is 45.5 Å². The number of thioether (sulfide) groups is 2. The van der Waals surface area contributed by atoms with Crippen molar-refractivity contribution < 1.29 is 45.5 Å². The highest BCUT2D eigenvalue weighted by atomic mass is 32.2. The minimum atomic E-state index is -4.91. The van der Waals surface area contributed by atoms with Crippen LogP contribution in [0.25, 0.3) is 0 Å². The number of aromatic nitrogens is 2. The smallest absolute Gasteiger partial charge is 0.370 e. The van der Waals surface area contributed by atoms with Gasteiger partial charge in [0.2, 0.25) is 11.8 Å². The van der Waals surface area contributed by atoms with Gasteiger partial charge in [0, 0.05) is 50.5 Å². The maximum atomic E-state index is 14.1. The number of hydrogen-bond acceptors (Lipinski definition) is 12. The fourth-order valence-electron chi connectivity index (χ4n) is 5.22. The summed E-state index contributed by atoms with van der Waals surface area (Å²) in [6, 6.07) is 2.76. The van der Waals surface area contributed by atoms with Gasteiger partial charge in [-0.05, 0) is 49.9 Å². The van der Waals surface area contributed by atoms with Crippen molar-refractivity contribution in [2.75, 3.05) is 59.0 Å². The zero-order valence-corrected chi connectivity index (χ0v) is 34.5. The number of carbonyl (C=O) groups excluding carboxylic acids is 4. The third-order valence-corrected chi connectivity index (χ3v) is 10.4. The molecule has 4 amide bonds. The van der Waals surface area contributed by atoms with E-state index in [1.807, 2.05) is 0 Å². The number of alkyl halides is 6. The third-order valence-electron chi connectivity index (χ3n) is 8.01. The van der Waals surface area contributed by atoms with Gasteiger partial charge >= 0.3 is 12.4 Å². The minimum absolute atomic E-state index is 0.0503. The number of guanidine groups is 2. The molecule has 3 rings (SSSR count). The van der Waals surface area contributed by atoms with Crippen LogP contribution in [0.1, 0.15) is 70.6 Å². The normalized spacial score (nSPS) is 11.4. The Labute approximate surface area is 359 Å². The molecule has 0 fully saturated rings. The summed E-state index contributed by atoms with van der Waals surface area (Å²) < 4.78 is 84.3. The van der Waals surface area contributed by atoms with E-state index >= 15 is 0 Å². The Bertz CT molecular complexity index is 1930. The van der Waals surface area contributed by atoms with Crippen molar-refractivity contribution in [2.24, 2.45) is 22.9 Å². The lowest BCUT2D eigenvalue weighted by atomic mass is 10.1. The van der Waals surface area contributed by atoms with E-state index < -0.39 is 58.5 Å². The number of unbranched alkanes of at least 4 members (excludes halogenated alkanes) is 2. The van der Waals surface area contributed by atoms with E-state index in [4.69, 9.17) is 33.8 Å². The van der Waals surface area contributed by atoms with E-state index in [2.05, 4.69) is 41.9 Å². The second-order valence-corrected chi connectivity index (χ2v) is 15.2. The Morgan fingerprint density at radius 1 is 0.581 bits per heavy atom. The molecule has 16 N–H and O–H groups in total. The van der Waals surface area contributed by atoms with Gasteiger partial charge in [-0.1, -0.05) is 0 Å². The van der Waals surface area contributed by atoms with Crippen molar-refractivity contribution in [1.82, 2.24) is 20.6 Å². The van der Waals surface area contributed by atoms with Gasteiger partial charge in [0.25, 0.3) is 11.8 Å². The van der Waals surface area contributed by atoms with Gasteiger partial charge in [0.15, 0.2) is 11.9 Å². The van der Waals surface area contributed by atoms with Gasteiger partial charge in [-0.2, -0.15) is 26.3 Å². The topological polar surface area (TPSA) is 318 Å². The van der Waals surface area contributed by atoms with Crippen molar-refractivity contribution in [2.45, 2.75) is 60.7 Å². The zero-order chi connectivity index (χ0) is 46.0. The molecule has 2 aromatic carbocycles. The Morgan fingerprint density at radius 3 is 1.21 bits per heavy atom. The molecule has 0 bridgehead atoms. The van der Waals surface area contributed by atoms with Crippen LogP contribution in [0, 0.1) is 10.8 Å². The predicted molar refractivity (Wildman–Crippen MR) is 225 cm³/mol. The molecule has 3 aromatic rings. The molecular formula is C36H46F6N14O4S2. The van der Waals surface area contributed by atoms with Gasteiger partial charge in [-0.15, -0.1) is 23.5 Å². The van der Waals surface area contributed by atoms with E-state index in [1.54, 1.807) is 0 Å². The van der Waals surface area contributed by atoms with Crippen LogP contribution in [0.3, 0.4) is 0 Å². The average Bonchev–Trinajstić information content (AvgIpc) is 3.18. The summed E-state index contributed by atoms with van der Waals surface area (Å²) in [6.45, 7) is 0.756. The first-order valence-electron chi connectivity index (χ1n) is 18.6. The van der Waals surface area contributed by atoms with Crippen LogP contribution in [-0.2, 0) is 21.9 Å². The quantitative estimate of drug-likeness (QED) is 0.0220. The first kappa shape index (κ1) is 50.5. The molecule has 26 heteroatoms.